The smallest absolute Gasteiger partial charge is 0.276 e. The number of carbonyl (C=O) groups excluding carboxylic acids is 1. The van der Waals surface area contributed by atoms with Gasteiger partial charge in [-0.1, -0.05) is 99.1 Å². The van der Waals surface area contributed by atoms with E-state index in [9.17, 15) is 14.0 Å². The van der Waals surface area contributed by atoms with Crippen molar-refractivity contribution in [2.75, 3.05) is 26.2 Å². The summed E-state index contributed by atoms with van der Waals surface area (Å²) in [5, 5.41) is 1.26. The van der Waals surface area contributed by atoms with Crippen LogP contribution in [0.2, 0.25) is 5.02 Å². The molecule has 0 radical (unpaired) electrons. The van der Waals surface area contributed by atoms with Crippen LogP contribution in [-0.2, 0) is 30.1 Å². The number of benzene rings is 3. The minimum absolute atomic E-state index is 0.0501. The molecule has 0 saturated carbocycles. The SMILES string of the molecule is CCCc1cn(CCC(=O)N(CCN(CC)CC)Cc2ccc(-c3ccc(Cl)cc3)cc2)c(SCc2ccc(F)cc2)nc1=O. The summed E-state index contributed by atoms with van der Waals surface area (Å²) < 4.78 is 15.3. The van der Waals surface area contributed by atoms with E-state index in [0.29, 0.717) is 47.6 Å². The molecule has 0 unspecified atom stereocenters. The molecule has 0 aliphatic heterocycles. The first-order chi connectivity index (χ1) is 21.8. The second-order valence-electron chi connectivity index (χ2n) is 11.0. The van der Waals surface area contributed by atoms with Gasteiger partial charge in [-0.15, -0.1) is 0 Å². The Balaban J connectivity index is 1.50. The molecule has 4 rings (SSSR count). The Labute approximate surface area is 275 Å². The zero-order valence-corrected chi connectivity index (χ0v) is 27.9. The zero-order chi connectivity index (χ0) is 32.2. The molecule has 238 valence electrons. The van der Waals surface area contributed by atoms with Crippen LogP contribution in [0.15, 0.2) is 88.9 Å². The highest BCUT2D eigenvalue weighted by atomic mass is 35.5. The lowest BCUT2D eigenvalue weighted by Crippen LogP contribution is -2.38. The molecule has 1 heterocycles. The normalized spacial score (nSPS) is 11.2. The van der Waals surface area contributed by atoms with Gasteiger partial charge in [-0.05, 0) is 66.0 Å². The van der Waals surface area contributed by atoms with Gasteiger partial charge in [0.25, 0.3) is 5.56 Å². The van der Waals surface area contributed by atoms with E-state index in [-0.39, 0.29) is 23.7 Å². The summed E-state index contributed by atoms with van der Waals surface area (Å²) in [5.74, 6) is 0.300. The van der Waals surface area contributed by atoms with E-state index >= 15 is 0 Å². The molecular formula is C36H42ClFN4O2S. The van der Waals surface area contributed by atoms with E-state index in [0.717, 1.165) is 48.3 Å². The highest BCUT2D eigenvalue weighted by Crippen LogP contribution is 2.24. The van der Waals surface area contributed by atoms with E-state index < -0.39 is 0 Å². The number of halogens is 2. The predicted molar refractivity (Wildman–Crippen MR) is 183 cm³/mol. The number of hydrogen-bond acceptors (Lipinski definition) is 5. The average Bonchev–Trinajstić information content (AvgIpc) is 3.05. The van der Waals surface area contributed by atoms with E-state index in [2.05, 4.69) is 48.0 Å². The molecule has 0 bridgehead atoms. The van der Waals surface area contributed by atoms with Crippen LogP contribution in [0.4, 0.5) is 4.39 Å². The number of carbonyl (C=O) groups is 1. The van der Waals surface area contributed by atoms with Crippen LogP contribution in [0.1, 0.15) is 50.3 Å². The third-order valence-electron chi connectivity index (χ3n) is 7.83. The van der Waals surface area contributed by atoms with Crippen molar-refractivity contribution >= 4 is 29.3 Å². The molecule has 0 spiro atoms. The Morgan fingerprint density at radius 2 is 1.51 bits per heavy atom. The summed E-state index contributed by atoms with van der Waals surface area (Å²) in [6.45, 7) is 10.5. The standard InChI is InChI=1S/C36H42ClFN4O2S/c1-4-7-31-25-42(36(39-35(31)44)45-26-28-10-18-33(38)19-11-28)21-20-34(43)41(23-22-40(5-2)6-3)24-27-8-12-29(13-9-27)30-14-16-32(37)17-15-30/h8-19,25H,4-7,20-24,26H2,1-3H3. The lowest BCUT2D eigenvalue weighted by molar-refractivity contribution is -0.132. The van der Waals surface area contributed by atoms with Crippen LogP contribution in [0.3, 0.4) is 0 Å². The Hall–Kier alpha value is -3.46. The fourth-order valence-electron chi connectivity index (χ4n) is 5.10. The van der Waals surface area contributed by atoms with Crippen LogP contribution in [0, 0.1) is 5.82 Å². The fourth-order valence-corrected chi connectivity index (χ4v) is 6.17. The van der Waals surface area contributed by atoms with E-state index in [1.54, 1.807) is 12.1 Å². The van der Waals surface area contributed by atoms with Gasteiger partial charge < -0.3 is 14.4 Å². The van der Waals surface area contributed by atoms with Gasteiger partial charge in [0.2, 0.25) is 5.91 Å². The average molecular weight is 649 g/mol. The van der Waals surface area contributed by atoms with Gasteiger partial charge in [-0.3, -0.25) is 9.59 Å². The molecular weight excluding hydrogens is 607 g/mol. The third-order valence-corrected chi connectivity index (χ3v) is 9.15. The summed E-state index contributed by atoms with van der Waals surface area (Å²) >= 11 is 7.48. The first kappa shape index (κ1) is 34.4. The third kappa shape index (κ3) is 10.3. The van der Waals surface area contributed by atoms with Gasteiger partial charge in [-0.2, -0.15) is 4.98 Å². The second kappa shape index (κ2) is 17.3. The number of thioether (sulfide) groups is 1. The molecule has 3 aromatic carbocycles. The number of hydrogen-bond donors (Lipinski definition) is 0. The largest absolute Gasteiger partial charge is 0.337 e. The molecule has 9 heteroatoms. The molecule has 0 N–H and O–H groups in total. The van der Waals surface area contributed by atoms with Crippen LogP contribution < -0.4 is 5.56 Å². The summed E-state index contributed by atoms with van der Waals surface area (Å²) in [6.07, 6.45) is 3.59. The van der Waals surface area contributed by atoms with E-state index in [4.69, 9.17) is 11.6 Å². The molecule has 45 heavy (non-hydrogen) atoms. The molecule has 1 amide bonds. The summed E-state index contributed by atoms with van der Waals surface area (Å²) in [6, 6.07) is 22.4. The van der Waals surface area contributed by atoms with Crippen molar-refractivity contribution < 1.29 is 9.18 Å². The number of aryl methyl sites for hydroxylation is 2. The van der Waals surface area contributed by atoms with Crippen LogP contribution in [0.25, 0.3) is 11.1 Å². The van der Waals surface area contributed by atoms with Crippen molar-refractivity contribution in [3.8, 4) is 11.1 Å². The zero-order valence-electron chi connectivity index (χ0n) is 26.3. The maximum Gasteiger partial charge on any atom is 0.276 e. The predicted octanol–water partition coefficient (Wildman–Crippen LogP) is 7.71. The minimum Gasteiger partial charge on any atom is -0.337 e. The van der Waals surface area contributed by atoms with Gasteiger partial charge in [-0.25, -0.2) is 4.39 Å². The monoisotopic (exact) mass is 648 g/mol. The molecule has 0 aliphatic rings. The van der Waals surface area contributed by atoms with Crippen LogP contribution in [-0.4, -0.2) is 51.4 Å². The molecule has 0 fully saturated rings. The molecule has 6 nitrogen and oxygen atoms in total. The summed E-state index contributed by atoms with van der Waals surface area (Å²) in [5.41, 5.74) is 4.59. The van der Waals surface area contributed by atoms with Gasteiger partial charge in [0.1, 0.15) is 5.82 Å². The van der Waals surface area contributed by atoms with Crippen molar-refractivity contribution in [3.63, 3.8) is 0 Å². The Bertz CT molecular complexity index is 1570. The minimum atomic E-state index is -0.288. The maximum absolute atomic E-state index is 13.8. The number of amides is 1. The molecule has 0 aliphatic carbocycles. The Morgan fingerprint density at radius 1 is 0.889 bits per heavy atom. The molecule has 0 atom stereocenters. The Morgan fingerprint density at radius 3 is 2.13 bits per heavy atom. The lowest BCUT2D eigenvalue weighted by Gasteiger charge is -2.27. The first-order valence-corrected chi connectivity index (χ1v) is 17.0. The lowest BCUT2D eigenvalue weighted by atomic mass is 10.0. The fraction of sp³-hybridized carbons (Fsp3) is 0.361. The van der Waals surface area contributed by atoms with Crippen molar-refractivity contribution in [1.82, 2.24) is 19.4 Å². The second-order valence-corrected chi connectivity index (χ2v) is 12.4. The topological polar surface area (TPSA) is 58.4 Å². The highest BCUT2D eigenvalue weighted by molar-refractivity contribution is 7.98. The number of aromatic nitrogens is 2. The molecule has 1 aromatic heterocycles. The Kier molecular flexibility index (Phi) is 13.2. The van der Waals surface area contributed by atoms with Gasteiger partial charge in [0.05, 0.1) is 0 Å². The molecule has 0 saturated heterocycles. The van der Waals surface area contributed by atoms with Gasteiger partial charge in [0.15, 0.2) is 5.16 Å². The molecule has 4 aromatic rings. The number of likely N-dealkylation sites (N-methyl/N-ethyl adjacent to an activating group) is 1. The van der Waals surface area contributed by atoms with Gasteiger partial charge in [0, 0.05) is 55.1 Å². The van der Waals surface area contributed by atoms with Crippen molar-refractivity contribution in [1.29, 1.82) is 0 Å². The van der Waals surface area contributed by atoms with Crippen LogP contribution >= 0.6 is 23.4 Å². The number of nitrogens with zero attached hydrogens (tertiary/aromatic N) is 4. The highest BCUT2D eigenvalue weighted by Gasteiger charge is 2.17. The van der Waals surface area contributed by atoms with Crippen LogP contribution in [0.5, 0.6) is 0 Å². The van der Waals surface area contributed by atoms with Crippen molar-refractivity contribution in [2.45, 2.75) is 64.0 Å². The van der Waals surface area contributed by atoms with Crippen molar-refractivity contribution in [3.05, 3.63) is 117 Å². The summed E-state index contributed by atoms with van der Waals surface area (Å²) in [4.78, 5) is 35.2. The number of rotatable bonds is 16. The quantitative estimate of drug-likeness (QED) is 0.0920. The van der Waals surface area contributed by atoms with E-state index in [1.165, 1.54) is 23.9 Å². The first-order valence-electron chi connectivity index (χ1n) is 15.6. The van der Waals surface area contributed by atoms with Crippen molar-refractivity contribution in [2.24, 2.45) is 0 Å². The maximum atomic E-state index is 13.8. The summed E-state index contributed by atoms with van der Waals surface area (Å²) in [7, 11) is 0. The van der Waals surface area contributed by atoms with E-state index in [1.807, 2.05) is 46.9 Å². The van der Waals surface area contributed by atoms with Gasteiger partial charge >= 0.3 is 0 Å².